The standard InChI is InChI=1S/C15H11BrN2O2/c16-11-3-4-12-13(8-11)18(15(20)14(12)19)7-5-10-2-1-6-17-9-10/h1-4,6,8-9H,5,7H2. The van der Waals surface area contributed by atoms with Crippen LogP contribution in [0.25, 0.3) is 0 Å². The minimum atomic E-state index is -0.456. The third-order valence-electron chi connectivity index (χ3n) is 3.28. The van der Waals surface area contributed by atoms with Gasteiger partial charge in [-0.15, -0.1) is 0 Å². The van der Waals surface area contributed by atoms with E-state index in [0.717, 1.165) is 10.0 Å². The summed E-state index contributed by atoms with van der Waals surface area (Å²) in [5.41, 5.74) is 2.19. The van der Waals surface area contributed by atoms with E-state index in [-0.39, 0.29) is 0 Å². The second-order valence-electron chi connectivity index (χ2n) is 4.56. The minimum absolute atomic E-state index is 0.432. The molecule has 1 aromatic heterocycles. The van der Waals surface area contributed by atoms with Gasteiger partial charge in [0.2, 0.25) is 0 Å². The number of hydrogen-bond acceptors (Lipinski definition) is 3. The Labute approximate surface area is 124 Å². The molecule has 0 fully saturated rings. The Balaban J connectivity index is 1.86. The van der Waals surface area contributed by atoms with Crippen molar-refractivity contribution in [2.75, 3.05) is 11.4 Å². The summed E-state index contributed by atoms with van der Waals surface area (Å²) in [7, 11) is 0. The summed E-state index contributed by atoms with van der Waals surface area (Å²) in [6.07, 6.45) is 4.14. The van der Waals surface area contributed by atoms with Gasteiger partial charge in [-0.1, -0.05) is 22.0 Å². The van der Waals surface area contributed by atoms with E-state index in [1.54, 1.807) is 30.6 Å². The quantitative estimate of drug-likeness (QED) is 0.813. The molecule has 0 unspecified atom stereocenters. The lowest BCUT2D eigenvalue weighted by atomic mass is 10.1. The Morgan fingerprint density at radius 3 is 2.80 bits per heavy atom. The Bertz CT molecular complexity index is 686. The van der Waals surface area contributed by atoms with Gasteiger partial charge >= 0.3 is 0 Å². The highest BCUT2D eigenvalue weighted by atomic mass is 79.9. The number of nitrogens with zero attached hydrogens (tertiary/aromatic N) is 2. The van der Waals surface area contributed by atoms with Gasteiger partial charge in [-0.2, -0.15) is 0 Å². The fraction of sp³-hybridized carbons (Fsp3) is 0.133. The lowest BCUT2D eigenvalue weighted by Crippen LogP contribution is -2.31. The lowest BCUT2D eigenvalue weighted by molar-refractivity contribution is -0.114. The van der Waals surface area contributed by atoms with E-state index in [4.69, 9.17) is 0 Å². The van der Waals surface area contributed by atoms with Crippen LogP contribution < -0.4 is 4.90 Å². The molecule has 3 rings (SSSR count). The zero-order chi connectivity index (χ0) is 14.1. The molecule has 5 heteroatoms. The molecule has 4 nitrogen and oxygen atoms in total. The number of anilines is 1. The molecule has 0 saturated carbocycles. The van der Waals surface area contributed by atoms with Crippen LogP contribution in [0.2, 0.25) is 0 Å². The van der Waals surface area contributed by atoms with Gasteiger partial charge in [0.25, 0.3) is 11.7 Å². The maximum Gasteiger partial charge on any atom is 0.299 e. The van der Waals surface area contributed by atoms with Gasteiger partial charge in [-0.05, 0) is 36.2 Å². The summed E-state index contributed by atoms with van der Waals surface area (Å²) in [4.78, 5) is 29.5. The Hall–Kier alpha value is -2.01. The van der Waals surface area contributed by atoms with Crippen LogP contribution in [0.3, 0.4) is 0 Å². The number of aromatic nitrogens is 1. The SMILES string of the molecule is O=C1C(=O)N(CCc2cccnc2)c2cc(Br)ccc21. The molecule has 2 heterocycles. The zero-order valence-corrected chi connectivity index (χ0v) is 12.1. The molecule has 100 valence electrons. The summed E-state index contributed by atoms with van der Waals surface area (Å²) >= 11 is 3.37. The van der Waals surface area contributed by atoms with Crippen LogP contribution in [0.4, 0.5) is 5.69 Å². The molecule has 0 N–H and O–H groups in total. The van der Waals surface area contributed by atoms with Crippen LogP contribution in [0.5, 0.6) is 0 Å². The number of ketones is 1. The highest BCUT2D eigenvalue weighted by molar-refractivity contribution is 9.10. The summed E-state index contributed by atoms with van der Waals surface area (Å²) in [5, 5.41) is 0. The van der Waals surface area contributed by atoms with Crippen LogP contribution in [-0.4, -0.2) is 23.2 Å². The second kappa shape index (κ2) is 5.17. The van der Waals surface area contributed by atoms with Crippen molar-refractivity contribution in [2.24, 2.45) is 0 Å². The Morgan fingerprint density at radius 2 is 2.05 bits per heavy atom. The molecule has 0 aliphatic carbocycles. The maximum absolute atomic E-state index is 12.0. The third-order valence-corrected chi connectivity index (χ3v) is 3.77. The van der Waals surface area contributed by atoms with E-state index >= 15 is 0 Å². The highest BCUT2D eigenvalue weighted by Gasteiger charge is 2.35. The van der Waals surface area contributed by atoms with Gasteiger partial charge in [0.05, 0.1) is 11.3 Å². The molecule has 0 atom stereocenters. The normalized spacial score (nSPS) is 13.8. The first-order chi connectivity index (χ1) is 9.66. The summed E-state index contributed by atoms with van der Waals surface area (Å²) in [6, 6.07) is 9.08. The largest absolute Gasteiger partial charge is 0.304 e. The number of rotatable bonds is 3. The summed E-state index contributed by atoms with van der Waals surface area (Å²) in [6.45, 7) is 0.472. The van der Waals surface area contributed by atoms with Gasteiger partial charge < -0.3 is 4.90 Å². The Kier molecular flexibility index (Phi) is 3.36. The number of pyridine rings is 1. The monoisotopic (exact) mass is 330 g/mol. The molecular weight excluding hydrogens is 320 g/mol. The average molecular weight is 331 g/mol. The van der Waals surface area contributed by atoms with Gasteiger partial charge in [0, 0.05) is 23.4 Å². The summed E-state index contributed by atoms with van der Waals surface area (Å²) < 4.78 is 0.852. The first-order valence-electron chi connectivity index (χ1n) is 6.21. The summed E-state index contributed by atoms with van der Waals surface area (Å²) in [5.74, 6) is -0.888. The predicted molar refractivity (Wildman–Crippen MR) is 78.8 cm³/mol. The van der Waals surface area contributed by atoms with Crippen molar-refractivity contribution in [3.05, 3.63) is 58.3 Å². The fourth-order valence-corrected chi connectivity index (χ4v) is 2.63. The number of carbonyl (C=O) groups is 2. The molecule has 0 spiro atoms. The minimum Gasteiger partial charge on any atom is -0.304 e. The van der Waals surface area contributed by atoms with Crippen LogP contribution in [0, 0.1) is 0 Å². The van der Waals surface area contributed by atoms with Gasteiger partial charge in [0.1, 0.15) is 0 Å². The topological polar surface area (TPSA) is 50.3 Å². The van der Waals surface area contributed by atoms with E-state index in [2.05, 4.69) is 20.9 Å². The van der Waals surface area contributed by atoms with Crippen molar-refractivity contribution in [1.82, 2.24) is 4.98 Å². The Morgan fingerprint density at radius 1 is 1.20 bits per heavy atom. The maximum atomic E-state index is 12.0. The van der Waals surface area contributed by atoms with Crippen molar-refractivity contribution >= 4 is 33.3 Å². The van der Waals surface area contributed by atoms with E-state index < -0.39 is 11.7 Å². The van der Waals surface area contributed by atoms with E-state index in [0.29, 0.717) is 24.2 Å². The number of halogens is 1. The molecule has 1 aliphatic rings. The fourth-order valence-electron chi connectivity index (χ4n) is 2.28. The predicted octanol–water partition coefficient (Wildman–Crippen LogP) is 2.62. The average Bonchev–Trinajstić information content (AvgIpc) is 2.70. The number of benzene rings is 1. The highest BCUT2D eigenvalue weighted by Crippen LogP contribution is 2.31. The van der Waals surface area contributed by atoms with E-state index in [1.807, 2.05) is 12.1 Å². The zero-order valence-electron chi connectivity index (χ0n) is 10.5. The number of carbonyl (C=O) groups excluding carboxylic acids is 2. The van der Waals surface area contributed by atoms with Gasteiger partial charge in [-0.25, -0.2) is 0 Å². The third kappa shape index (κ3) is 2.25. The van der Waals surface area contributed by atoms with Gasteiger partial charge in [0.15, 0.2) is 0 Å². The van der Waals surface area contributed by atoms with Gasteiger partial charge in [-0.3, -0.25) is 14.6 Å². The second-order valence-corrected chi connectivity index (χ2v) is 5.47. The smallest absolute Gasteiger partial charge is 0.299 e. The molecular formula is C15H11BrN2O2. The molecule has 1 aromatic carbocycles. The van der Waals surface area contributed by atoms with Crippen LogP contribution in [0.1, 0.15) is 15.9 Å². The van der Waals surface area contributed by atoms with Crippen LogP contribution in [-0.2, 0) is 11.2 Å². The first-order valence-corrected chi connectivity index (χ1v) is 7.01. The molecule has 1 aliphatic heterocycles. The van der Waals surface area contributed by atoms with E-state index in [1.165, 1.54) is 4.90 Å². The first kappa shape index (κ1) is 13.0. The van der Waals surface area contributed by atoms with Crippen molar-refractivity contribution < 1.29 is 9.59 Å². The molecule has 0 saturated heterocycles. The number of fused-ring (bicyclic) bond motifs is 1. The van der Waals surface area contributed by atoms with E-state index in [9.17, 15) is 9.59 Å². The van der Waals surface area contributed by atoms with Crippen molar-refractivity contribution in [2.45, 2.75) is 6.42 Å². The molecule has 2 aromatic rings. The molecule has 0 bridgehead atoms. The molecule has 0 radical (unpaired) electrons. The number of Topliss-reactive ketones (excluding diaryl/α,β-unsaturated/α-hetero) is 1. The number of amides is 1. The lowest BCUT2D eigenvalue weighted by Gasteiger charge is -2.16. The van der Waals surface area contributed by atoms with Crippen LogP contribution >= 0.6 is 15.9 Å². The molecule has 1 amide bonds. The number of hydrogen-bond donors (Lipinski definition) is 0. The van der Waals surface area contributed by atoms with Crippen molar-refractivity contribution in [1.29, 1.82) is 0 Å². The van der Waals surface area contributed by atoms with Crippen molar-refractivity contribution in [3.63, 3.8) is 0 Å². The molecule has 20 heavy (non-hydrogen) atoms. The van der Waals surface area contributed by atoms with Crippen molar-refractivity contribution in [3.8, 4) is 0 Å². The van der Waals surface area contributed by atoms with Crippen LogP contribution in [0.15, 0.2) is 47.2 Å².